The Morgan fingerprint density at radius 3 is 2.60 bits per heavy atom. The first-order valence-corrected chi connectivity index (χ1v) is 7.39. The van der Waals surface area contributed by atoms with Crippen LogP contribution >= 0.6 is 0 Å². The molecule has 1 heterocycles. The summed E-state index contributed by atoms with van der Waals surface area (Å²) in [7, 11) is 0. The van der Waals surface area contributed by atoms with Crippen LogP contribution in [0.4, 0.5) is 0 Å². The van der Waals surface area contributed by atoms with E-state index in [2.05, 4.69) is 31.3 Å². The van der Waals surface area contributed by atoms with Gasteiger partial charge in [0.05, 0.1) is 6.10 Å². The van der Waals surface area contributed by atoms with Crippen LogP contribution in [-0.4, -0.2) is 12.6 Å². The highest BCUT2D eigenvalue weighted by molar-refractivity contribution is 5.82. The number of benzene rings is 1. The van der Waals surface area contributed by atoms with E-state index >= 15 is 0 Å². The SMILES string of the molecule is CC(C)CNCc1c(COC(C)C)oc2ccccc12. The minimum Gasteiger partial charge on any atom is -0.458 e. The predicted octanol–water partition coefficient (Wildman–Crippen LogP) is 4.10. The highest BCUT2D eigenvalue weighted by atomic mass is 16.5. The smallest absolute Gasteiger partial charge is 0.135 e. The molecule has 20 heavy (non-hydrogen) atoms. The van der Waals surface area contributed by atoms with E-state index in [1.165, 1.54) is 10.9 Å². The molecule has 1 N–H and O–H groups in total. The zero-order chi connectivity index (χ0) is 14.5. The number of para-hydroxylation sites is 1. The maximum absolute atomic E-state index is 5.94. The second kappa shape index (κ2) is 6.91. The molecule has 0 aliphatic heterocycles. The summed E-state index contributed by atoms with van der Waals surface area (Å²) in [5.74, 6) is 1.58. The predicted molar refractivity (Wildman–Crippen MR) is 82.7 cm³/mol. The first kappa shape index (κ1) is 15.1. The Morgan fingerprint density at radius 2 is 1.90 bits per heavy atom. The molecule has 0 aliphatic rings. The van der Waals surface area contributed by atoms with Crippen molar-refractivity contribution in [2.75, 3.05) is 6.54 Å². The van der Waals surface area contributed by atoms with Crippen LogP contribution in [0.2, 0.25) is 0 Å². The minimum absolute atomic E-state index is 0.208. The molecule has 3 nitrogen and oxygen atoms in total. The van der Waals surface area contributed by atoms with E-state index in [4.69, 9.17) is 9.15 Å². The first-order valence-electron chi connectivity index (χ1n) is 7.39. The summed E-state index contributed by atoms with van der Waals surface area (Å²) >= 11 is 0. The van der Waals surface area contributed by atoms with Gasteiger partial charge in [-0.3, -0.25) is 0 Å². The van der Waals surface area contributed by atoms with Gasteiger partial charge in [-0.2, -0.15) is 0 Å². The van der Waals surface area contributed by atoms with Crippen molar-refractivity contribution in [3.05, 3.63) is 35.6 Å². The highest BCUT2D eigenvalue weighted by Gasteiger charge is 2.14. The molecule has 0 amide bonds. The van der Waals surface area contributed by atoms with Gasteiger partial charge < -0.3 is 14.5 Å². The van der Waals surface area contributed by atoms with Crippen LogP contribution in [0.25, 0.3) is 11.0 Å². The van der Waals surface area contributed by atoms with Gasteiger partial charge in [-0.05, 0) is 32.4 Å². The third kappa shape index (κ3) is 3.84. The number of furan rings is 1. The second-order valence-corrected chi connectivity index (χ2v) is 5.88. The van der Waals surface area contributed by atoms with Crippen LogP contribution in [0.5, 0.6) is 0 Å². The second-order valence-electron chi connectivity index (χ2n) is 5.88. The third-order valence-electron chi connectivity index (χ3n) is 3.18. The van der Waals surface area contributed by atoms with Gasteiger partial charge >= 0.3 is 0 Å². The Labute approximate surface area is 121 Å². The van der Waals surface area contributed by atoms with Crippen molar-refractivity contribution in [1.82, 2.24) is 5.32 Å². The topological polar surface area (TPSA) is 34.4 Å². The van der Waals surface area contributed by atoms with Gasteiger partial charge in [-0.1, -0.05) is 32.0 Å². The molecule has 0 unspecified atom stereocenters. The average Bonchev–Trinajstić information content (AvgIpc) is 2.74. The molecule has 0 spiro atoms. The van der Waals surface area contributed by atoms with Crippen molar-refractivity contribution in [2.45, 2.75) is 47.0 Å². The molecule has 2 aromatic rings. The number of fused-ring (bicyclic) bond motifs is 1. The lowest BCUT2D eigenvalue weighted by Gasteiger charge is -2.09. The van der Waals surface area contributed by atoms with Crippen LogP contribution in [0.1, 0.15) is 39.0 Å². The van der Waals surface area contributed by atoms with E-state index in [0.717, 1.165) is 24.4 Å². The fourth-order valence-corrected chi connectivity index (χ4v) is 2.19. The Balaban J connectivity index is 2.20. The zero-order valence-electron chi connectivity index (χ0n) is 12.9. The average molecular weight is 275 g/mol. The van der Waals surface area contributed by atoms with Crippen molar-refractivity contribution in [3.8, 4) is 0 Å². The molecular weight excluding hydrogens is 250 g/mol. The van der Waals surface area contributed by atoms with E-state index < -0.39 is 0 Å². The molecule has 1 aromatic carbocycles. The molecule has 2 rings (SSSR count). The van der Waals surface area contributed by atoms with E-state index in [0.29, 0.717) is 12.5 Å². The fraction of sp³-hybridized carbons (Fsp3) is 0.529. The minimum atomic E-state index is 0.208. The molecule has 0 aliphatic carbocycles. The summed E-state index contributed by atoms with van der Waals surface area (Å²) < 4.78 is 11.6. The molecule has 1 aromatic heterocycles. The number of rotatable bonds is 7. The molecule has 0 radical (unpaired) electrons. The van der Waals surface area contributed by atoms with E-state index in [-0.39, 0.29) is 6.10 Å². The van der Waals surface area contributed by atoms with Gasteiger partial charge in [0.15, 0.2) is 0 Å². The van der Waals surface area contributed by atoms with Crippen LogP contribution in [-0.2, 0) is 17.9 Å². The van der Waals surface area contributed by atoms with Gasteiger partial charge in [0.1, 0.15) is 18.0 Å². The number of nitrogens with one attached hydrogen (secondary N) is 1. The normalized spacial score (nSPS) is 11.9. The Bertz CT molecular complexity index is 543. The molecule has 0 atom stereocenters. The molecule has 0 saturated carbocycles. The van der Waals surface area contributed by atoms with E-state index in [1.807, 2.05) is 26.0 Å². The summed E-state index contributed by atoms with van der Waals surface area (Å²) in [5.41, 5.74) is 2.16. The standard InChI is InChI=1S/C17H25NO2/c1-12(2)9-18-10-15-14-7-5-6-8-16(14)20-17(15)11-19-13(3)4/h5-8,12-13,18H,9-11H2,1-4H3. The van der Waals surface area contributed by atoms with Gasteiger partial charge in [0.25, 0.3) is 0 Å². The van der Waals surface area contributed by atoms with Crippen molar-refractivity contribution in [2.24, 2.45) is 5.92 Å². The van der Waals surface area contributed by atoms with Crippen LogP contribution in [0.3, 0.4) is 0 Å². The Kier molecular flexibility index (Phi) is 5.21. The summed E-state index contributed by atoms with van der Waals surface area (Å²) in [6, 6.07) is 8.19. The van der Waals surface area contributed by atoms with Gasteiger partial charge in [0.2, 0.25) is 0 Å². The Hall–Kier alpha value is -1.32. The van der Waals surface area contributed by atoms with Crippen molar-refractivity contribution in [3.63, 3.8) is 0 Å². The van der Waals surface area contributed by atoms with Gasteiger partial charge in [0, 0.05) is 17.5 Å². The number of ether oxygens (including phenoxy) is 1. The molecule has 0 saturated heterocycles. The lowest BCUT2D eigenvalue weighted by molar-refractivity contribution is 0.0547. The third-order valence-corrected chi connectivity index (χ3v) is 3.18. The quantitative estimate of drug-likeness (QED) is 0.826. The van der Waals surface area contributed by atoms with Crippen molar-refractivity contribution in [1.29, 1.82) is 0 Å². The van der Waals surface area contributed by atoms with Gasteiger partial charge in [-0.15, -0.1) is 0 Å². The molecule has 110 valence electrons. The lowest BCUT2D eigenvalue weighted by atomic mass is 10.1. The molecule has 0 fully saturated rings. The fourth-order valence-electron chi connectivity index (χ4n) is 2.19. The largest absolute Gasteiger partial charge is 0.458 e. The summed E-state index contributed by atoms with van der Waals surface area (Å²) in [6.07, 6.45) is 0.208. The van der Waals surface area contributed by atoms with Crippen molar-refractivity contribution >= 4 is 11.0 Å². The van der Waals surface area contributed by atoms with Crippen LogP contribution in [0.15, 0.2) is 28.7 Å². The highest BCUT2D eigenvalue weighted by Crippen LogP contribution is 2.26. The monoisotopic (exact) mass is 275 g/mol. The lowest BCUT2D eigenvalue weighted by Crippen LogP contribution is -2.19. The Morgan fingerprint density at radius 1 is 1.15 bits per heavy atom. The van der Waals surface area contributed by atoms with E-state index in [1.54, 1.807) is 0 Å². The molecule has 3 heteroatoms. The number of hydrogen-bond donors (Lipinski definition) is 1. The molecule has 0 bridgehead atoms. The van der Waals surface area contributed by atoms with Crippen LogP contribution < -0.4 is 5.32 Å². The summed E-state index contributed by atoms with van der Waals surface area (Å²) in [4.78, 5) is 0. The van der Waals surface area contributed by atoms with Crippen LogP contribution in [0, 0.1) is 5.92 Å². The summed E-state index contributed by atoms with van der Waals surface area (Å²) in [6.45, 7) is 10.9. The van der Waals surface area contributed by atoms with E-state index in [9.17, 15) is 0 Å². The van der Waals surface area contributed by atoms with Crippen molar-refractivity contribution < 1.29 is 9.15 Å². The zero-order valence-corrected chi connectivity index (χ0v) is 12.9. The number of hydrogen-bond acceptors (Lipinski definition) is 3. The van der Waals surface area contributed by atoms with Gasteiger partial charge in [-0.25, -0.2) is 0 Å². The molecular formula is C17H25NO2. The maximum atomic E-state index is 5.94. The summed E-state index contributed by atoms with van der Waals surface area (Å²) in [5, 5.41) is 4.68. The first-order chi connectivity index (χ1) is 9.58. The maximum Gasteiger partial charge on any atom is 0.135 e.